The summed E-state index contributed by atoms with van der Waals surface area (Å²) in [6, 6.07) is 4.68. The lowest BCUT2D eigenvalue weighted by molar-refractivity contribution is -0.137. The molecule has 1 aliphatic rings. The van der Waals surface area contributed by atoms with Gasteiger partial charge in [-0.1, -0.05) is 12.5 Å². The summed E-state index contributed by atoms with van der Waals surface area (Å²) in [6.07, 6.45) is -0.840. The Morgan fingerprint density at radius 3 is 2.48 bits per heavy atom. The third-order valence-corrected chi connectivity index (χ3v) is 4.17. The Morgan fingerprint density at radius 2 is 2.00 bits per heavy atom. The van der Waals surface area contributed by atoms with Crippen LogP contribution in [0.4, 0.5) is 18.9 Å². The van der Waals surface area contributed by atoms with Gasteiger partial charge in [0, 0.05) is 25.3 Å². The van der Waals surface area contributed by atoms with Crippen LogP contribution in [0.1, 0.15) is 37.3 Å². The van der Waals surface area contributed by atoms with Crippen molar-refractivity contribution in [3.05, 3.63) is 29.3 Å². The number of nitrogens with one attached hydrogen (secondary N) is 1. The van der Waals surface area contributed by atoms with Crippen LogP contribution in [0.2, 0.25) is 0 Å². The molecule has 0 saturated heterocycles. The van der Waals surface area contributed by atoms with Crippen molar-refractivity contribution in [1.82, 2.24) is 5.32 Å². The average Bonchev–Trinajstić information content (AvgIpc) is 2.38. The molecule has 0 aromatic heterocycles. The maximum atomic E-state index is 13.4. The summed E-state index contributed by atoms with van der Waals surface area (Å²) in [5, 5.41) is 2.89. The van der Waals surface area contributed by atoms with E-state index in [0.717, 1.165) is 19.4 Å². The summed E-state index contributed by atoms with van der Waals surface area (Å²) in [4.78, 5) is 1.87. The number of rotatable bonds is 6. The molecule has 0 spiro atoms. The van der Waals surface area contributed by atoms with Crippen LogP contribution in [0.3, 0.4) is 0 Å². The molecule has 1 fully saturated rings. The summed E-state index contributed by atoms with van der Waals surface area (Å²) in [6.45, 7) is 3.69. The number of halogens is 3. The molecule has 118 valence electrons. The fourth-order valence-electron chi connectivity index (χ4n) is 2.78. The van der Waals surface area contributed by atoms with Crippen LogP contribution >= 0.6 is 0 Å². The number of alkyl halides is 3. The van der Waals surface area contributed by atoms with Gasteiger partial charge in [0.15, 0.2) is 0 Å². The van der Waals surface area contributed by atoms with Gasteiger partial charge in [0.05, 0.1) is 5.56 Å². The number of benzene rings is 1. The number of hydrogen-bond acceptors (Lipinski definition) is 2. The highest BCUT2D eigenvalue weighted by atomic mass is 19.4. The molecule has 2 nitrogen and oxygen atoms in total. The first-order valence-electron chi connectivity index (χ1n) is 7.55. The number of hydrogen-bond donors (Lipinski definition) is 1. The van der Waals surface area contributed by atoms with E-state index in [9.17, 15) is 13.2 Å². The van der Waals surface area contributed by atoms with Crippen molar-refractivity contribution in [3.63, 3.8) is 0 Å². The monoisotopic (exact) mass is 300 g/mol. The quantitative estimate of drug-likeness (QED) is 0.852. The molecule has 1 aromatic carbocycles. The minimum atomic E-state index is -4.31. The molecule has 0 amide bonds. The molecule has 0 unspecified atom stereocenters. The SMILES string of the molecule is CCN(CC1CCC1)c1ccc(CNC)cc1C(F)(F)F. The van der Waals surface area contributed by atoms with Crippen LogP contribution in [0.15, 0.2) is 18.2 Å². The summed E-state index contributed by atoms with van der Waals surface area (Å²) in [5.74, 6) is 0.544. The van der Waals surface area contributed by atoms with Crippen LogP contribution in [-0.4, -0.2) is 20.1 Å². The van der Waals surface area contributed by atoms with Gasteiger partial charge < -0.3 is 10.2 Å². The highest BCUT2D eigenvalue weighted by molar-refractivity contribution is 5.56. The van der Waals surface area contributed by atoms with E-state index in [1.807, 2.05) is 11.8 Å². The van der Waals surface area contributed by atoms with Crippen molar-refractivity contribution in [2.45, 2.75) is 38.9 Å². The molecule has 0 bridgehead atoms. The first-order chi connectivity index (χ1) is 9.95. The van der Waals surface area contributed by atoms with Crippen LogP contribution in [0.5, 0.6) is 0 Å². The highest BCUT2D eigenvalue weighted by Gasteiger charge is 2.35. The Labute approximate surface area is 124 Å². The van der Waals surface area contributed by atoms with Gasteiger partial charge in [-0.25, -0.2) is 0 Å². The van der Waals surface area contributed by atoms with Crippen LogP contribution in [-0.2, 0) is 12.7 Å². The van der Waals surface area contributed by atoms with Gasteiger partial charge in [-0.05, 0) is 50.4 Å². The maximum absolute atomic E-state index is 13.4. The van der Waals surface area contributed by atoms with Gasteiger partial charge >= 0.3 is 6.18 Å². The van der Waals surface area contributed by atoms with Crippen LogP contribution in [0.25, 0.3) is 0 Å². The van der Waals surface area contributed by atoms with Gasteiger partial charge in [0.1, 0.15) is 0 Å². The Hall–Kier alpha value is -1.23. The summed E-state index contributed by atoms with van der Waals surface area (Å²) < 4.78 is 40.1. The summed E-state index contributed by atoms with van der Waals surface area (Å²) >= 11 is 0. The van der Waals surface area contributed by atoms with Crippen LogP contribution < -0.4 is 10.2 Å². The van der Waals surface area contributed by atoms with Gasteiger partial charge in [-0.2, -0.15) is 13.2 Å². The van der Waals surface area contributed by atoms with Crippen LogP contribution in [0, 0.1) is 5.92 Å². The largest absolute Gasteiger partial charge is 0.418 e. The van der Waals surface area contributed by atoms with Crippen molar-refractivity contribution < 1.29 is 13.2 Å². The molecular formula is C16H23F3N2. The maximum Gasteiger partial charge on any atom is 0.418 e. The third-order valence-electron chi connectivity index (χ3n) is 4.17. The molecule has 0 radical (unpaired) electrons. The molecular weight excluding hydrogens is 277 g/mol. The molecule has 5 heteroatoms. The molecule has 1 N–H and O–H groups in total. The van der Waals surface area contributed by atoms with E-state index in [1.54, 1.807) is 19.2 Å². The minimum Gasteiger partial charge on any atom is -0.371 e. The fourth-order valence-corrected chi connectivity index (χ4v) is 2.78. The van der Waals surface area contributed by atoms with Crippen molar-refractivity contribution in [1.29, 1.82) is 0 Å². The second-order valence-corrected chi connectivity index (χ2v) is 5.72. The molecule has 0 aliphatic heterocycles. The summed E-state index contributed by atoms with van der Waals surface area (Å²) in [5.41, 5.74) is 0.460. The zero-order chi connectivity index (χ0) is 15.5. The fraction of sp³-hybridized carbons (Fsp3) is 0.625. The molecule has 0 atom stereocenters. The minimum absolute atomic E-state index is 0.316. The molecule has 2 rings (SSSR count). The zero-order valence-electron chi connectivity index (χ0n) is 12.6. The Bertz CT molecular complexity index is 467. The molecule has 1 aliphatic carbocycles. The smallest absolute Gasteiger partial charge is 0.371 e. The molecule has 1 saturated carbocycles. The van der Waals surface area contributed by atoms with E-state index >= 15 is 0 Å². The Balaban J connectivity index is 2.30. The van der Waals surface area contributed by atoms with Gasteiger partial charge in [-0.3, -0.25) is 0 Å². The highest BCUT2D eigenvalue weighted by Crippen LogP contribution is 2.38. The van der Waals surface area contributed by atoms with E-state index < -0.39 is 11.7 Å². The van der Waals surface area contributed by atoms with E-state index in [0.29, 0.717) is 30.3 Å². The van der Waals surface area contributed by atoms with Crippen molar-refractivity contribution in [3.8, 4) is 0 Å². The standard InChI is InChI=1S/C16H23F3N2/c1-3-21(11-12-5-4-6-12)15-8-7-13(10-20-2)9-14(15)16(17,18)19/h7-9,12,20H,3-6,10-11H2,1-2H3. The molecule has 21 heavy (non-hydrogen) atoms. The molecule has 0 heterocycles. The van der Waals surface area contributed by atoms with E-state index in [2.05, 4.69) is 5.32 Å². The molecule has 1 aromatic rings. The lowest BCUT2D eigenvalue weighted by Gasteiger charge is -2.34. The van der Waals surface area contributed by atoms with E-state index in [-0.39, 0.29) is 0 Å². The predicted molar refractivity (Wildman–Crippen MR) is 79.4 cm³/mol. The second-order valence-electron chi connectivity index (χ2n) is 5.72. The topological polar surface area (TPSA) is 15.3 Å². The van der Waals surface area contributed by atoms with Crippen molar-refractivity contribution in [2.24, 2.45) is 5.92 Å². The first kappa shape index (κ1) is 16.1. The Kier molecular flexibility index (Phi) is 5.14. The third kappa shape index (κ3) is 3.90. The lowest BCUT2D eigenvalue weighted by atomic mass is 9.85. The Morgan fingerprint density at radius 1 is 1.29 bits per heavy atom. The number of nitrogens with zero attached hydrogens (tertiary/aromatic N) is 1. The number of anilines is 1. The average molecular weight is 300 g/mol. The first-order valence-corrected chi connectivity index (χ1v) is 7.55. The zero-order valence-corrected chi connectivity index (χ0v) is 12.6. The second kappa shape index (κ2) is 6.69. The summed E-state index contributed by atoms with van der Waals surface area (Å²) in [7, 11) is 1.73. The van der Waals surface area contributed by atoms with E-state index in [4.69, 9.17) is 0 Å². The predicted octanol–water partition coefficient (Wildman–Crippen LogP) is 4.05. The van der Waals surface area contributed by atoms with E-state index in [1.165, 1.54) is 12.5 Å². The van der Waals surface area contributed by atoms with Crippen molar-refractivity contribution in [2.75, 3.05) is 25.0 Å². The normalized spacial score (nSPS) is 15.9. The van der Waals surface area contributed by atoms with Gasteiger partial charge in [-0.15, -0.1) is 0 Å². The van der Waals surface area contributed by atoms with Gasteiger partial charge in [0.25, 0.3) is 0 Å². The van der Waals surface area contributed by atoms with Gasteiger partial charge in [0.2, 0.25) is 0 Å². The van der Waals surface area contributed by atoms with Crippen molar-refractivity contribution >= 4 is 5.69 Å². The lowest BCUT2D eigenvalue weighted by Crippen LogP contribution is -2.33.